The molecule has 1 N–H and O–H groups in total. The van der Waals surface area contributed by atoms with E-state index in [2.05, 4.69) is 10.1 Å². The predicted molar refractivity (Wildman–Crippen MR) is 76.5 cm³/mol. The summed E-state index contributed by atoms with van der Waals surface area (Å²) in [5.74, 6) is -0.340. The number of benzene rings is 2. The first-order valence-corrected chi connectivity index (χ1v) is 6.59. The Labute approximate surface area is 125 Å². The number of ether oxygens (including phenoxy) is 1. The molecular formula is C15H13ClF3NO. The van der Waals surface area contributed by atoms with Gasteiger partial charge in [-0.3, -0.25) is 0 Å². The Balaban J connectivity index is 2.07. The van der Waals surface area contributed by atoms with Gasteiger partial charge in [0, 0.05) is 16.8 Å². The standard InChI is InChI=1S/C15H13ClF3NO/c1-9(20-13-7-11(16)6-12(17)8-13)10-2-4-14(5-3-10)21-15(18)19/h2-9,15,20H,1H3. The number of rotatable bonds is 5. The van der Waals surface area contributed by atoms with Crippen LogP contribution in [0.4, 0.5) is 18.9 Å². The Hall–Kier alpha value is -1.88. The molecule has 2 rings (SSSR count). The van der Waals surface area contributed by atoms with E-state index in [0.717, 1.165) is 5.56 Å². The molecule has 0 aromatic heterocycles. The lowest BCUT2D eigenvalue weighted by molar-refractivity contribution is -0.0498. The molecule has 0 amide bonds. The highest BCUT2D eigenvalue weighted by Crippen LogP contribution is 2.25. The van der Waals surface area contributed by atoms with Gasteiger partial charge in [0.25, 0.3) is 0 Å². The van der Waals surface area contributed by atoms with Crippen LogP contribution in [0.15, 0.2) is 42.5 Å². The van der Waals surface area contributed by atoms with Gasteiger partial charge in [-0.1, -0.05) is 23.7 Å². The Morgan fingerprint density at radius 3 is 2.33 bits per heavy atom. The fraction of sp³-hybridized carbons (Fsp3) is 0.200. The van der Waals surface area contributed by atoms with Gasteiger partial charge < -0.3 is 10.1 Å². The molecule has 112 valence electrons. The van der Waals surface area contributed by atoms with E-state index in [1.807, 2.05) is 6.92 Å². The summed E-state index contributed by atoms with van der Waals surface area (Å²) in [7, 11) is 0. The first-order valence-electron chi connectivity index (χ1n) is 6.21. The molecule has 0 saturated heterocycles. The summed E-state index contributed by atoms with van der Waals surface area (Å²) in [6.45, 7) is -0.984. The van der Waals surface area contributed by atoms with Crippen LogP contribution in [-0.4, -0.2) is 6.61 Å². The normalized spacial score (nSPS) is 12.3. The van der Waals surface area contributed by atoms with Crippen molar-refractivity contribution in [1.82, 2.24) is 0 Å². The molecule has 2 nitrogen and oxygen atoms in total. The van der Waals surface area contributed by atoms with Gasteiger partial charge >= 0.3 is 6.61 Å². The maximum atomic E-state index is 13.2. The van der Waals surface area contributed by atoms with E-state index in [4.69, 9.17) is 11.6 Å². The molecule has 1 unspecified atom stereocenters. The van der Waals surface area contributed by atoms with Crippen LogP contribution < -0.4 is 10.1 Å². The first-order chi connectivity index (χ1) is 9.94. The van der Waals surface area contributed by atoms with Crippen LogP contribution >= 0.6 is 11.6 Å². The Bertz CT molecular complexity index is 584. The first kappa shape index (κ1) is 15.5. The van der Waals surface area contributed by atoms with E-state index in [-0.39, 0.29) is 11.8 Å². The Morgan fingerprint density at radius 2 is 1.76 bits per heavy atom. The largest absolute Gasteiger partial charge is 0.435 e. The number of nitrogens with one attached hydrogen (secondary N) is 1. The van der Waals surface area contributed by atoms with Crippen LogP contribution in [0.1, 0.15) is 18.5 Å². The van der Waals surface area contributed by atoms with Gasteiger partial charge in [0.2, 0.25) is 0 Å². The fourth-order valence-electron chi connectivity index (χ4n) is 1.91. The van der Waals surface area contributed by atoms with Gasteiger partial charge in [0.05, 0.1) is 0 Å². The van der Waals surface area contributed by atoms with Gasteiger partial charge in [-0.2, -0.15) is 8.78 Å². The molecule has 0 aliphatic heterocycles. The molecule has 0 fully saturated rings. The highest BCUT2D eigenvalue weighted by atomic mass is 35.5. The van der Waals surface area contributed by atoms with Gasteiger partial charge in [0.15, 0.2) is 0 Å². The number of alkyl halides is 2. The van der Waals surface area contributed by atoms with Crippen molar-refractivity contribution in [2.75, 3.05) is 5.32 Å². The van der Waals surface area contributed by atoms with Crippen LogP contribution in [0, 0.1) is 5.82 Å². The summed E-state index contributed by atoms with van der Waals surface area (Å²) in [5, 5.41) is 3.38. The van der Waals surface area contributed by atoms with Crippen molar-refractivity contribution in [3.63, 3.8) is 0 Å². The minimum absolute atomic E-state index is 0.0924. The third kappa shape index (κ3) is 4.56. The van der Waals surface area contributed by atoms with E-state index in [9.17, 15) is 13.2 Å². The second-order valence-corrected chi connectivity index (χ2v) is 4.91. The summed E-state index contributed by atoms with van der Waals surface area (Å²) in [6.07, 6.45) is 0. The summed E-state index contributed by atoms with van der Waals surface area (Å²) >= 11 is 5.78. The van der Waals surface area contributed by atoms with E-state index < -0.39 is 12.4 Å². The monoisotopic (exact) mass is 315 g/mol. The molecule has 6 heteroatoms. The van der Waals surface area contributed by atoms with Crippen molar-refractivity contribution in [3.05, 3.63) is 58.9 Å². The highest BCUT2D eigenvalue weighted by molar-refractivity contribution is 6.30. The molecule has 21 heavy (non-hydrogen) atoms. The third-order valence-corrected chi connectivity index (χ3v) is 3.07. The van der Waals surface area contributed by atoms with Gasteiger partial charge in [-0.05, 0) is 42.8 Å². The molecule has 0 radical (unpaired) electrons. The van der Waals surface area contributed by atoms with Crippen molar-refractivity contribution >= 4 is 17.3 Å². The molecule has 0 aliphatic carbocycles. The van der Waals surface area contributed by atoms with Crippen LogP contribution in [0.25, 0.3) is 0 Å². The molecule has 1 atom stereocenters. The SMILES string of the molecule is CC(Nc1cc(F)cc(Cl)c1)c1ccc(OC(F)F)cc1. The zero-order valence-corrected chi connectivity index (χ0v) is 11.9. The number of hydrogen-bond donors (Lipinski definition) is 1. The number of halogens is 4. The van der Waals surface area contributed by atoms with Crippen molar-refractivity contribution in [2.24, 2.45) is 0 Å². The van der Waals surface area contributed by atoms with Gasteiger partial charge in [-0.15, -0.1) is 0 Å². The zero-order valence-electron chi connectivity index (χ0n) is 11.1. The average Bonchev–Trinajstić information content (AvgIpc) is 2.37. The van der Waals surface area contributed by atoms with Gasteiger partial charge in [0.1, 0.15) is 11.6 Å². The molecule has 0 bridgehead atoms. The molecule has 0 saturated carbocycles. The van der Waals surface area contributed by atoms with Crippen molar-refractivity contribution < 1.29 is 17.9 Å². The fourth-order valence-corrected chi connectivity index (χ4v) is 2.13. The third-order valence-electron chi connectivity index (χ3n) is 2.85. The maximum absolute atomic E-state index is 13.2. The Morgan fingerprint density at radius 1 is 1.10 bits per heavy atom. The second-order valence-electron chi connectivity index (χ2n) is 4.47. The molecule has 2 aromatic carbocycles. The molecule has 0 heterocycles. The summed E-state index contributed by atoms with van der Waals surface area (Å²) in [6, 6.07) is 10.2. The second kappa shape index (κ2) is 6.72. The number of hydrogen-bond acceptors (Lipinski definition) is 2. The van der Waals surface area contributed by atoms with Crippen molar-refractivity contribution in [1.29, 1.82) is 0 Å². The Kier molecular flexibility index (Phi) is 4.96. The smallest absolute Gasteiger partial charge is 0.387 e. The topological polar surface area (TPSA) is 21.3 Å². The maximum Gasteiger partial charge on any atom is 0.387 e. The number of anilines is 1. The predicted octanol–water partition coefficient (Wildman–Crippen LogP) is 5.25. The average molecular weight is 316 g/mol. The molecule has 0 aliphatic rings. The molecular weight excluding hydrogens is 303 g/mol. The lowest BCUT2D eigenvalue weighted by Gasteiger charge is -2.16. The quantitative estimate of drug-likeness (QED) is 0.813. The van der Waals surface area contributed by atoms with Crippen LogP contribution in [0.2, 0.25) is 5.02 Å². The van der Waals surface area contributed by atoms with E-state index in [1.165, 1.54) is 24.3 Å². The van der Waals surface area contributed by atoms with Crippen LogP contribution in [0.5, 0.6) is 5.75 Å². The van der Waals surface area contributed by atoms with E-state index >= 15 is 0 Å². The summed E-state index contributed by atoms with van der Waals surface area (Å²) < 4.78 is 41.6. The summed E-state index contributed by atoms with van der Waals surface area (Å²) in [4.78, 5) is 0. The zero-order chi connectivity index (χ0) is 15.4. The van der Waals surface area contributed by atoms with Gasteiger partial charge in [-0.25, -0.2) is 4.39 Å². The van der Waals surface area contributed by atoms with Crippen molar-refractivity contribution in [3.8, 4) is 5.75 Å². The molecule has 0 spiro atoms. The lowest BCUT2D eigenvalue weighted by Crippen LogP contribution is -2.07. The van der Waals surface area contributed by atoms with Crippen LogP contribution in [-0.2, 0) is 0 Å². The highest BCUT2D eigenvalue weighted by Gasteiger charge is 2.09. The lowest BCUT2D eigenvalue weighted by atomic mass is 10.1. The summed E-state index contributed by atoms with van der Waals surface area (Å²) in [5.41, 5.74) is 1.39. The van der Waals surface area contributed by atoms with Crippen LogP contribution in [0.3, 0.4) is 0 Å². The minimum Gasteiger partial charge on any atom is -0.435 e. The van der Waals surface area contributed by atoms with E-state index in [1.54, 1.807) is 18.2 Å². The van der Waals surface area contributed by atoms with E-state index in [0.29, 0.717) is 10.7 Å². The van der Waals surface area contributed by atoms with Crippen molar-refractivity contribution in [2.45, 2.75) is 19.6 Å². The minimum atomic E-state index is -2.85. The molecule has 2 aromatic rings.